The van der Waals surface area contributed by atoms with E-state index in [0.717, 1.165) is 0 Å². The molecule has 0 amide bonds. The first-order valence-corrected chi connectivity index (χ1v) is 16.3. The van der Waals surface area contributed by atoms with Crippen LogP contribution in [0.5, 0.6) is 0 Å². The lowest BCUT2D eigenvalue weighted by atomic mass is 9.75. The summed E-state index contributed by atoms with van der Waals surface area (Å²) in [7, 11) is 0. The Morgan fingerprint density at radius 2 is 1.29 bits per heavy atom. The van der Waals surface area contributed by atoms with Crippen molar-refractivity contribution in [2.45, 2.75) is 51.5 Å². The third kappa shape index (κ3) is 3.51. The molecule has 0 saturated carbocycles. The summed E-state index contributed by atoms with van der Waals surface area (Å²) in [6.45, 7) is 11.9. The van der Waals surface area contributed by atoms with Gasteiger partial charge in [-0.1, -0.05) is 120 Å². The van der Waals surface area contributed by atoms with Crippen LogP contribution < -0.4 is 4.90 Å². The minimum absolute atomic E-state index is 0.0586. The molecule has 0 spiro atoms. The monoisotopic (exact) mass is 582 g/mol. The Balaban J connectivity index is 1.27. The molecule has 220 valence electrons. The summed E-state index contributed by atoms with van der Waals surface area (Å²) in [5, 5.41) is 2.68. The van der Waals surface area contributed by atoms with Crippen LogP contribution in [0.15, 0.2) is 127 Å². The number of para-hydroxylation sites is 3. The van der Waals surface area contributed by atoms with Crippen LogP contribution in [0.1, 0.15) is 56.9 Å². The number of allylic oxidation sites excluding steroid dienone is 2. The van der Waals surface area contributed by atoms with Crippen LogP contribution in [0.25, 0.3) is 38.6 Å². The molecule has 2 nitrogen and oxygen atoms in total. The molecule has 3 aliphatic rings. The van der Waals surface area contributed by atoms with Crippen LogP contribution in [-0.4, -0.2) is 10.6 Å². The van der Waals surface area contributed by atoms with Gasteiger partial charge in [0.25, 0.3) is 0 Å². The van der Waals surface area contributed by atoms with E-state index in [-0.39, 0.29) is 16.9 Å². The lowest BCUT2D eigenvalue weighted by molar-refractivity contribution is 0.608. The van der Waals surface area contributed by atoms with Crippen LogP contribution in [0.2, 0.25) is 0 Å². The van der Waals surface area contributed by atoms with Crippen molar-refractivity contribution in [3.05, 3.63) is 150 Å². The summed E-state index contributed by atoms with van der Waals surface area (Å²) >= 11 is 0. The zero-order chi connectivity index (χ0) is 30.7. The molecule has 1 aromatic heterocycles. The lowest BCUT2D eigenvalue weighted by Crippen LogP contribution is -2.35. The number of hydrogen-bond donors (Lipinski definition) is 0. The van der Waals surface area contributed by atoms with E-state index in [1.54, 1.807) is 0 Å². The zero-order valence-corrected chi connectivity index (χ0v) is 26.7. The molecule has 0 radical (unpaired) electrons. The molecule has 2 aliphatic carbocycles. The molecule has 45 heavy (non-hydrogen) atoms. The van der Waals surface area contributed by atoms with Crippen molar-refractivity contribution >= 4 is 33.2 Å². The summed E-state index contributed by atoms with van der Waals surface area (Å²) < 4.78 is 2.55. The van der Waals surface area contributed by atoms with Gasteiger partial charge in [0.05, 0.1) is 22.8 Å². The second kappa shape index (κ2) is 9.11. The summed E-state index contributed by atoms with van der Waals surface area (Å²) in [4.78, 5) is 2.52. The quantitative estimate of drug-likeness (QED) is 0.201. The normalized spacial score (nSPS) is 19.8. The van der Waals surface area contributed by atoms with Crippen molar-refractivity contribution in [3.63, 3.8) is 0 Å². The van der Waals surface area contributed by atoms with E-state index >= 15 is 0 Å². The van der Waals surface area contributed by atoms with Crippen molar-refractivity contribution < 1.29 is 0 Å². The molecule has 9 rings (SSSR count). The highest BCUT2D eigenvalue weighted by Crippen LogP contribution is 2.54. The molecule has 0 bridgehead atoms. The van der Waals surface area contributed by atoms with Gasteiger partial charge < -0.3 is 9.47 Å². The van der Waals surface area contributed by atoms with E-state index in [2.05, 4.69) is 172 Å². The molecule has 5 aromatic carbocycles. The predicted molar refractivity (Wildman–Crippen MR) is 190 cm³/mol. The van der Waals surface area contributed by atoms with Gasteiger partial charge in [0.1, 0.15) is 0 Å². The Morgan fingerprint density at radius 3 is 2.11 bits per heavy atom. The topological polar surface area (TPSA) is 8.17 Å². The Bertz CT molecular complexity index is 2240. The molecule has 0 fully saturated rings. The van der Waals surface area contributed by atoms with Gasteiger partial charge in [0.15, 0.2) is 0 Å². The largest absolute Gasteiger partial charge is 0.334 e. The highest BCUT2D eigenvalue weighted by molar-refractivity contribution is 6.13. The number of aromatic nitrogens is 1. The fraction of sp³-hybridized carbons (Fsp3) is 0.209. The van der Waals surface area contributed by atoms with Gasteiger partial charge in [-0.2, -0.15) is 0 Å². The van der Waals surface area contributed by atoms with Crippen LogP contribution in [0.4, 0.5) is 11.4 Å². The first-order valence-electron chi connectivity index (χ1n) is 16.3. The molecule has 2 heterocycles. The SMILES string of the molecule is CC1C=CC=CC1N(c1ccccc1)c1ccc2c(c1)C(C)(C)c1cc3c(cc1-2)c1cccc2c1n3-c1ccccc1C2(C)C. The van der Waals surface area contributed by atoms with Crippen molar-refractivity contribution in [1.29, 1.82) is 0 Å². The third-order valence-electron chi connectivity index (χ3n) is 11.0. The highest BCUT2D eigenvalue weighted by Gasteiger charge is 2.39. The van der Waals surface area contributed by atoms with Crippen molar-refractivity contribution in [2.75, 3.05) is 4.90 Å². The maximum absolute atomic E-state index is 2.55. The van der Waals surface area contributed by atoms with Crippen molar-refractivity contribution in [1.82, 2.24) is 4.57 Å². The zero-order valence-electron chi connectivity index (χ0n) is 26.7. The first kappa shape index (κ1) is 26.6. The molecule has 6 aromatic rings. The lowest BCUT2D eigenvalue weighted by Gasteiger charge is -2.36. The number of fused-ring (bicyclic) bond motifs is 8. The minimum atomic E-state index is -0.141. The predicted octanol–water partition coefficient (Wildman–Crippen LogP) is 11.0. The van der Waals surface area contributed by atoms with E-state index < -0.39 is 0 Å². The summed E-state index contributed by atoms with van der Waals surface area (Å²) in [6.07, 6.45) is 9.03. The fourth-order valence-electron chi connectivity index (χ4n) is 8.64. The Hall–Kier alpha value is -4.82. The van der Waals surface area contributed by atoms with Crippen LogP contribution in [0, 0.1) is 5.92 Å². The molecule has 2 heteroatoms. The van der Waals surface area contributed by atoms with E-state index in [0.29, 0.717) is 5.92 Å². The smallest absolute Gasteiger partial charge is 0.0585 e. The van der Waals surface area contributed by atoms with E-state index in [4.69, 9.17) is 0 Å². The van der Waals surface area contributed by atoms with E-state index in [1.807, 2.05) is 0 Å². The second-order valence-electron chi connectivity index (χ2n) is 14.3. The summed E-state index contributed by atoms with van der Waals surface area (Å²) in [5.41, 5.74) is 14.6. The van der Waals surface area contributed by atoms with Gasteiger partial charge in [0.2, 0.25) is 0 Å². The van der Waals surface area contributed by atoms with Gasteiger partial charge in [-0.3, -0.25) is 0 Å². The molecular weight excluding hydrogens is 544 g/mol. The Labute approximate surface area is 265 Å². The standard InChI is InChI=1S/C43H38N2/c1-27-14-9-11-20-38(27)44(28-15-7-6-8-16-28)29-22-23-30-32-25-33-31-17-13-19-35-41(31)45(39-21-12-10-18-34(39)42(35,2)3)40(33)26-37(32)43(4,5)36(30)24-29/h6-27,38H,1-5H3. The Morgan fingerprint density at radius 1 is 0.578 bits per heavy atom. The molecule has 1 aliphatic heterocycles. The van der Waals surface area contributed by atoms with E-state index in [1.165, 1.54) is 72.2 Å². The third-order valence-corrected chi connectivity index (χ3v) is 11.0. The number of benzene rings is 5. The molecule has 2 unspecified atom stereocenters. The average molecular weight is 583 g/mol. The van der Waals surface area contributed by atoms with Crippen molar-refractivity contribution in [2.24, 2.45) is 5.92 Å². The minimum Gasteiger partial charge on any atom is -0.334 e. The number of nitrogens with zero attached hydrogens (tertiary/aromatic N) is 2. The first-order chi connectivity index (χ1) is 21.8. The second-order valence-corrected chi connectivity index (χ2v) is 14.3. The van der Waals surface area contributed by atoms with Crippen LogP contribution >= 0.6 is 0 Å². The van der Waals surface area contributed by atoms with Gasteiger partial charge in [0, 0.05) is 33.0 Å². The maximum Gasteiger partial charge on any atom is 0.0585 e. The van der Waals surface area contributed by atoms with Crippen LogP contribution in [-0.2, 0) is 10.8 Å². The fourth-order valence-corrected chi connectivity index (χ4v) is 8.64. The molecule has 2 atom stereocenters. The highest BCUT2D eigenvalue weighted by atomic mass is 15.2. The van der Waals surface area contributed by atoms with Gasteiger partial charge >= 0.3 is 0 Å². The summed E-state index contributed by atoms with van der Waals surface area (Å²) in [5.74, 6) is 0.402. The number of rotatable bonds is 3. The van der Waals surface area contributed by atoms with Gasteiger partial charge in [-0.05, 0) is 81.8 Å². The van der Waals surface area contributed by atoms with Gasteiger partial charge in [-0.25, -0.2) is 0 Å². The molecular formula is C43H38N2. The molecule has 0 N–H and O–H groups in total. The summed E-state index contributed by atoms with van der Waals surface area (Å²) in [6, 6.07) is 39.2. The van der Waals surface area contributed by atoms with Gasteiger partial charge in [-0.15, -0.1) is 0 Å². The number of hydrogen-bond acceptors (Lipinski definition) is 1. The maximum atomic E-state index is 2.55. The van der Waals surface area contributed by atoms with Crippen molar-refractivity contribution in [3.8, 4) is 16.8 Å². The number of anilines is 2. The Kier molecular flexibility index (Phi) is 5.38. The average Bonchev–Trinajstić information content (AvgIpc) is 3.49. The van der Waals surface area contributed by atoms with E-state index in [9.17, 15) is 0 Å². The van der Waals surface area contributed by atoms with Crippen LogP contribution in [0.3, 0.4) is 0 Å². The molecule has 0 saturated heterocycles.